The molecule has 0 aliphatic carbocycles. The quantitative estimate of drug-likeness (QED) is 0.712. The number of ether oxygens (including phenoxy) is 1. The van der Waals surface area contributed by atoms with Gasteiger partial charge < -0.3 is 9.64 Å². The summed E-state index contributed by atoms with van der Waals surface area (Å²) >= 11 is 7.33. The van der Waals surface area contributed by atoms with E-state index in [4.69, 9.17) is 16.3 Å². The van der Waals surface area contributed by atoms with Crippen molar-refractivity contribution in [2.75, 3.05) is 18.0 Å². The van der Waals surface area contributed by atoms with Crippen LogP contribution in [0, 0.1) is 6.92 Å². The van der Waals surface area contributed by atoms with Crippen molar-refractivity contribution in [2.45, 2.75) is 52.1 Å². The lowest BCUT2D eigenvalue weighted by Gasteiger charge is -2.32. The Morgan fingerprint density at radius 2 is 2.00 bits per heavy atom. The zero-order valence-corrected chi connectivity index (χ0v) is 17.2. The first kappa shape index (κ1) is 19.1. The van der Waals surface area contributed by atoms with E-state index in [1.165, 1.54) is 11.3 Å². The molecule has 5 nitrogen and oxygen atoms in total. The van der Waals surface area contributed by atoms with Gasteiger partial charge >= 0.3 is 5.97 Å². The fraction of sp³-hybridized carbons (Fsp3) is 0.526. The van der Waals surface area contributed by atoms with E-state index in [0.29, 0.717) is 9.90 Å². The van der Waals surface area contributed by atoms with Crippen molar-refractivity contribution in [1.29, 1.82) is 0 Å². The SMILES string of the molecule is Cc1nc(C(C)(C)C)sc1C(=O)OC1CCN(c2ccc(Cl)cn2)CC1. The Kier molecular flexibility index (Phi) is 5.53. The third kappa shape index (κ3) is 4.35. The van der Waals surface area contributed by atoms with Crippen molar-refractivity contribution in [2.24, 2.45) is 0 Å². The summed E-state index contributed by atoms with van der Waals surface area (Å²) < 4.78 is 5.75. The normalized spacial score (nSPS) is 16.0. The van der Waals surface area contributed by atoms with Gasteiger partial charge in [-0.2, -0.15) is 0 Å². The molecule has 0 N–H and O–H groups in total. The van der Waals surface area contributed by atoms with E-state index in [1.807, 2.05) is 19.1 Å². The number of hydrogen-bond donors (Lipinski definition) is 0. The molecule has 1 fully saturated rings. The number of piperidine rings is 1. The van der Waals surface area contributed by atoms with Crippen molar-refractivity contribution in [1.82, 2.24) is 9.97 Å². The summed E-state index contributed by atoms with van der Waals surface area (Å²) in [6.07, 6.45) is 3.17. The van der Waals surface area contributed by atoms with Crippen molar-refractivity contribution >= 4 is 34.7 Å². The average Bonchev–Trinajstić information content (AvgIpc) is 2.99. The molecule has 0 bridgehead atoms. The van der Waals surface area contributed by atoms with Crippen LogP contribution in [0.2, 0.25) is 5.02 Å². The van der Waals surface area contributed by atoms with Crippen molar-refractivity contribution in [3.63, 3.8) is 0 Å². The Hall–Kier alpha value is -1.66. The van der Waals surface area contributed by atoms with Gasteiger partial charge in [0.2, 0.25) is 0 Å². The van der Waals surface area contributed by atoms with Gasteiger partial charge in [0.25, 0.3) is 0 Å². The number of halogens is 1. The molecule has 140 valence electrons. The number of anilines is 1. The number of pyridine rings is 1. The Balaban J connectivity index is 1.58. The van der Waals surface area contributed by atoms with E-state index < -0.39 is 0 Å². The van der Waals surface area contributed by atoms with Crippen LogP contribution in [0.4, 0.5) is 5.82 Å². The van der Waals surface area contributed by atoms with E-state index in [9.17, 15) is 4.79 Å². The summed E-state index contributed by atoms with van der Waals surface area (Å²) in [5, 5.41) is 1.60. The predicted molar refractivity (Wildman–Crippen MR) is 105 cm³/mol. The second-order valence-electron chi connectivity index (χ2n) is 7.61. The van der Waals surface area contributed by atoms with Crippen LogP contribution in [0.5, 0.6) is 0 Å². The lowest BCUT2D eigenvalue weighted by molar-refractivity contribution is 0.0249. The number of carbonyl (C=O) groups excluding carboxylic acids is 1. The van der Waals surface area contributed by atoms with Crippen LogP contribution in [-0.2, 0) is 10.2 Å². The van der Waals surface area contributed by atoms with Crippen LogP contribution in [0.25, 0.3) is 0 Å². The second-order valence-corrected chi connectivity index (χ2v) is 9.05. The lowest BCUT2D eigenvalue weighted by Crippen LogP contribution is -2.38. The highest BCUT2D eigenvalue weighted by atomic mass is 35.5. The molecule has 0 spiro atoms. The van der Waals surface area contributed by atoms with Crippen LogP contribution in [0.3, 0.4) is 0 Å². The van der Waals surface area contributed by atoms with Crippen LogP contribution < -0.4 is 4.90 Å². The maximum atomic E-state index is 12.6. The first-order chi connectivity index (χ1) is 12.2. The number of rotatable bonds is 3. The van der Waals surface area contributed by atoms with E-state index in [-0.39, 0.29) is 17.5 Å². The number of nitrogens with zero attached hydrogens (tertiary/aromatic N) is 3. The van der Waals surface area contributed by atoms with Crippen LogP contribution >= 0.6 is 22.9 Å². The van der Waals surface area contributed by atoms with Gasteiger partial charge in [0, 0.05) is 37.5 Å². The molecule has 7 heteroatoms. The van der Waals surface area contributed by atoms with Gasteiger partial charge in [-0.25, -0.2) is 14.8 Å². The van der Waals surface area contributed by atoms with Crippen molar-refractivity contribution < 1.29 is 9.53 Å². The lowest BCUT2D eigenvalue weighted by atomic mass is 9.98. The molecule has 1 saturated heterocycles. The Bertz CT molecular complexity index is 775. The fourth-order valence-corrected chi connectivity index (χ4v) is 3.99. The van der Waals surface area contributed by atoms with Gasteiger partial charge in [0.05, 0.1) is 15.7 Å². The minimum absolute atomic E-state index is 0.0642. The monoisotopic (exact) mass is 393 g/mol. The van der Waals surface area contributed by atoms with Gasteiger partial charge in [0.1, 0.15) is 16.8 Å². The molecule has 26 heavy (non-hydrogen) atoms. The molecule has 0 amide bonds. The number of aryl methyl sites for hydroxylation is 1. The number of aromatic nitrogens is 2. The molecule has 0 radical (unpaired) electrons. The van der Waals surface area contributed by atoms with E-state index in [1.54, 1.807) is 6.20 Å². The summed E-state index contributed by atoms with van der Waals surface area (Å²) in [6, 6.07) is 3.76. The third-order valence-corrected chi connectivity index (χ3v) is 6.16. The zero-order chi connectivity index (χ0) is 18.9. The molecule has 2 aromatic rings. The summed E-state index contributed by atoms with van der Waals surface area (Å²) in [6.45, 7) is 9.78. The van der Waals surface area contributed by atoms with Gasteiger partial charge in [-0.3, -0.25) is 0 Å². The highest BCUT2D eigenvalue weighted by Gasteiger charge is 2.27. The zero-order valence-electron chi connectivity index (χ0n) is 15.6. The van der Waals surface area contributed by atoms with E-state index >= 15 is 0 Å². The Morgan fingerprint density at radius 3 is 2.54 bits per heavy atom. The van der Waals surface area contributed by atoms with Crippen LogP contribution in [0.1, 0.15) is 54.0 Å². The van der Waals surface area contributed by atoms with E-state index in [2.05, 4.69) is 35.6 Å². The van der Waals surface area contributed by atoms with Crippen molar-refractivity contribution in [3.8, 4) is 0 Å². The molecule has 2 aromatic heterocycles. The third-order valence-electron chi connectivity index (χ3n) is 4.38. The Morgan fingerprint density at radius 1 is 1.31 bits per heavy atom. The molecule has 0 aromatic carbocycles. The molecule has 0 saturated carbocycles. The Labute approximate surface area is 163 Å². The highest BCUT2D eigenvalue weighted by Crippen LogP contribution is 2.30. The molecule has 1 aliphatic rings. The van der Waals surface area contributed by atoms with E-state index in [0.717, 1.165) is 42.5 Å². The standard InChI is InChI=1S/C19H24ClN3O2S/c1-12-16(26-18(22-12)19(2,3)4)17(24)25-14-7-9-23(10-8-14)15-6-5-13(20)11-21-15/h5-6,11,14H,7-10H2,1-4H3. The minimum atomic E-state index is -0.251. The average molecular weight is 394 g/mol. The summed E-state index contributed by atoms with van der Waals surface area (Å²) in [5.74, 6) is 0.658. The second kappa shape index (κ2) is 7.53. The highest BCUT2D eigenvalue weighted by molar-refractivity contribution is 7.13. The number of carbonyl (C=O) groups is 1. The maximum Gasteiger partial charge on any atom is 0.350 e. The molecule has 3 rings (SSSR count). The topological polar surface area (TPSA) is 55.3 Å². The largest absolute Gasteiger partial charge is 0.458 e. The first-order valence-corrected chi connectivity index (χ1v) is 9.99. The van der Waals surface area contributed by atoms with Crippen LogP contribution in [-0.4, -0.2) is 35.1 Å². The number of thiazole rings is 1. The van der Waals surface area contributed by atoms with Crippen LogP contribution in [0.15, 0.2) is 18.3 Å². The molecular weight excluding hydrogens is 370 g/mol. The maximum absolute atomic E-state index is 12.6. The number of hydrogen-bond acceptors (Lipinski definition) is 6. The first-order valence-electron chi connectivity index (χ1n) is 8.79. The summed E-state index contributed by atoms with van der Waals surface area (Å²) in [5.41, 5.74) is 0.693. The summed E-state index contributed by atoms with van der Waals surface area (Å²) in [7, 11) is 0. The molecule has 0 unspecified atom stereocenters. The summed E-state index contributed by atoms with van der Waals surface area (Å²) in [4.78, 5) is 24.3. The molecule has 1 aliphatic heterocycles. The number of esters is 1. The molecular formula is C19H24ClN3O2S. The van der Waals surface area contributed by atoms with Gasteiger partial charge in [-0.05, 0) is 19.1 Å². The smallest absolute Gasteiger partial charge is 0.350 e. The van der Waals surface area contributed by atoms with Gasteiger partial charge in [0.15, 0.2) is 0 Å². The van der Waals surface area contributed by atoms with Gasteiger partial charge in [-0.15, -0.1) is 11.3 Å². The molecule has 3 heterocycles. The van der Waals surface area contributed by atoms with Gasteiger partial charge in [-0.1, -0.05) is 32.4 Å². The van der Waals surface area contributed by atoms with Crippen molar-refractivity contribution in [3.05, 3.63) is 38.9 Å². The fourth-order valence-electron chi connectivity index (χ4n) is 2.87. The minimum Gasteiger partial charge on any atom is -0.458 e. The predicted octanol–water partition coefficient (Wildman–Crippen LogP) is 4.62. The molecule has 0 atom stereocenters.